The Bertz CT molecular complexity index is 1270. The molecule has 1 atom stereocenters. The molecular formula is C29H33Cl2FN6O. The number of amides is 2. The molecule has 2 saturated heterocycles. The first-order chi connectivity index (χ1) is 18.8. The number of carbonyl (C=O) groups excluding carboxylic acids is 1. The number of likely N-dealkylation sites (tertiary alicyclic amines) is 1. The molecule has 0 unspecified atom stereocenters. The summed E-state index contributed by atoms with van der Waals surface area (Å²) in [5, 5.41) is 6.66. The molecule has 10 heteroatoms. The zero-order valence-electron chi connectivity index (χ0n) is 21.9. The first-order valence-electron chi connectivity index (χ1n) is 13.3. The highest BCUT2D eigenvalue weighted by Gasteiger charge is 2.32. The second kappa shape index (κ2) is 12.5. The van der Waals surface area contributed by atoms with Gasteiger partial charge in [0.2, 0.25) is 0 Å². The van der Waals surface area contributed by atoms with Crippen LogP contribution in [0.15, 0.2) is 60.8 Å². The quantitative estimate of drug-likeness (QED) is 0.361. The third kappa shape index (κ3) is 7.19. The van der Waals surface area contributed by atoms with Gasteiger partial charge in [0.05, 0.1) is 16.9 Å². The van der Waals surface area contributed by atoms with Gasteiger partial charge in [-0.05, 0) is 80.9 Å². The zero-order chi connectivity index (χ0) is 27.4. The van der Waals surface area contributed by atoms with Gasteiger partial charge in [-0.1, -0.05) is 35.3 Å². The molecule has 2 aromatic carbocycles. The van der Waals surface area contributed by atoms with Gasteiger partial charge in [-0.25, -0.2) is 14.2 Å². The standard InChI is InChI=1S/C29H33Cl2FN6O/c1-20-18-37(14-15-38(20)26-10-12-36(13-11-26)19-21-2-4-22(30)5-3-21)28-27(31)16-25(17-33-28)35-29(39)34-24-8-6-23(32)7-9-24/h2-9,16-17,20,26H,10-15,18-19H2,1H3,(H2,34,35,39)/t20-/m0/s1. The number of rotatable bonds is 6. The van der Waals surface area contributed by atoms with Crippen LogP contribution in [0.25, 0.3) is 0 Å². The number of nitrogens with zero attached hydrogens (tertiary/aromatic N) is 4. The minimum Gasteiger partial charge on any atom is -0.353 e. The van der Waals surface area contributed by atoms with Crippen molar-refractivity contribution in [3.63, 3.8) is 0 Å². The lowest BCUT2D eigenvalue weighted by Gasteiger charge is -2.47. The Labute approximate surface area is 238 Å². The molecule has 2 aliphatic rings. The van der Waals surface area contributed by atoms with E-state index < -0.39 is 6.03 Å². The summed E-state index contributed by atoms with van der Waals surface area (Å²) >= 11 is 12.6. The normalized spacial score (nSPS) is 19.2. The Balaban J connectivity index is 1.11. The molecule has 0 bridgehead atoms. The van der Waals surface area contributed by atoms with Crippen LogP contribution in [0.2, 0.25) is 10.0 Å². The van der Waals surface area contributed by atoms with E-state index in [0.717, 1.165) is 63.0 Å². The van der Waals surface area contributed by atoms with Crippen molar-refractivity contribution in [2.45, 2.75) is 38.4 Å². The molecule has 0 aliphatic carbocycles. The first kappa shape index (κ1) is 27.6. The molecule has 7 nitrogen and oxygen atoms in total. The van der Waals surface area contributed by atoms with E-state index in [1.54, 1.807) is 12.3 Å². The van der Waals surface area contributed by atoms with Gasteiger partial charge in [0, 0.05) is 49.0 Å². The molecule has 39 heavy (non-hydrogen) atoms. The predicted molar refractivity (Wildman–Crippen MR) is 156 cm³/mol. The maximum absolute atomic E-state index is 13.1. The molecule has 0 spiro atoms. The number of benzene rings is 2. The summed E-state index contributed by atoms with van der Waals surface area (Å²) in [6.45, 7) is 8.08. The summed E-state index contributed by atoms with van der Waals surface area (Å²) < 4.78 is 13.1. The van der Waals surface area contributed by atoms with Gasteiger partial charge < -0.3 is 15.5 Å². The summed E-state index contributed by atoms with van der Waals surface area (Å²) in [5.74, 6) is 0.365. The van der Waals surface area contributed by atoms with E-state index in [-0.39, 0.29) is 5.82 Å². The van der Waals surface area contributed by atoms with Crippen LogP contribution in [0.4, 0.5) is 26.4 Å². The van der Waals surface area contributed by atoms with Crippen molar-refractivity contribution < 1.29 is 9.18 Å². The van der Waals surface area contributed by atoms with Gasteiger partial charge in [0.15, 0.2) is 0 Å². The van der Waals surface area contributed by atoms with Crippen molar-refractivity contribution in [1.82, 2.24) is 14.8 Å². The Hall–Kier alpha value is -2.91. The number of pyridine rings is 1. The average molecular weight is 572 g/mol. The number of anilines is 3. The molecule has 0 radical (unpaired) electrons. The number of carbonyl (C=O) groups is 1. The number of hydrogen-bond acceptors (Lipinski definition) is 5. The van der Waals surface area contributed by atoms with E-state index in [0.29, 0.717) is 28.5 Å². The van der Waals surface area contributed by atoms with Crippen molar-refractivity contribution >= 4 is 46.4 Å². The fraction of sp³-hybridized carbons (Fsp3) is 0.379. The Morgan fingerprint density at radius 1 is 0.974 bits per heavy atom. The van der Waals surface area contributed by atoms with E-state index in [1.165, 1.54) is 29.8 Å². The zero-order valence-corrected chi connectivity index (χ0v) is 23.4. The van der Waals surface area contributed by atoms with E-state index >= 15 is 0 Å². The highest BCUT2D eigenvalue weighted by molar-refractivity contribution is 6.33. The number of aromatic nitrogens is 1. The van der Waals surface area contributed by atoms with Crippen LogP contribution < -0.4 is 15.5 Å². The maximum Gasteiger partial charge on any atom is 0.323 e. The monoisotopic (exact) mass is 570 g/mol. The summed E-state index contributed by atoms with van der Waals surface area (Å²) in [6, 6.07) is 15.9. The largest absolute Gasteiger partial charge is 0.353 e. The molecular weight excluding hydrogens is 538 g/mol. The average Bonchev–Trinajstić information content (AvgIpc) is 2.92. The van der Waals surface area contributed by atoms with Gasteiger partial charge in [-0.2, -0.15) is 0 Å². The number of piperidine rings is 1. The van der Waals surface area contributed by atoms with Crippen molar-refractivity contribution in [2.75, 3.05) is 48.3 Å². The van der Waals surface area contributed by atoms with Gasteiger partial charge in [-0.15, -0.1) is 0 Å². The van der Waals surface area contributed by atoms with E-state index in [1.807, 2.05) is 12.1 Å². The van der Waals surface area contributed by atoms with Crippen LogP contribution in [0.5, 0.6) is 0 Å². The predicted octanol–water partition coefficient (Wildman–Crippen LogP) is 6.35. The summed E-state index contributed by atoms with van der Waals surface area (Å²) in [7, 11) is 0. The second-order valence-electron chi connectivity index (χ2n) is 10.3. The van der Waals surface area contributed by atoms with Crippen LogP contribution in [0, 0.1) is 5.82 Å². The lowest BCUT2D eigenvalue weighted by Crippen LogP contribution is -2.57. The summed E-state index contributed by atoms with van der Waals surface area (Å²) in [5.41, 5.74) is 2.28. The van der Waals surface area contributed by atoms with Crippen LogP contribution in [0.1, 0.15) is 25.3 Å². The van der Waals surface area contributed by atoms with Gasteiger partial charge in [0.25, 0.3) is 0 Å². The third-order valence-electron chi connectivity index (χ3n) is 7.51. The SMILES string of the molecule is C[C@H]1CN(c2ncc(NC(=O)Nc3ccc(F)cc3)cc2Cl)CCN1C1CCN(Cc2ccc(Cl)cc2)CC1. The van der Waals surface area contributed by atoms with E-state index in [4.69, 9.17) is 23.2 Å². The molecule has 3 heterocycles. The first-order valence-corrected chi connectivity index (χ1v) is 14.1. The van der Waals surface area contributed by atoms with E-state index in [2.05, 4.69) is 49.4 Å². The number of piperazine rings is 1. The molecule has 5 rings (SSSR count). The number of halogens is 3. The van der Waals surface area contributed by atoms with Gasteiger partial charge >= 0.3 is 6.03 Å². The summed E-state index contributed by atoms with van der Waals surface area (Å²) in [6.07, 6.45) is 3.94. The van der Waals surface area contributed by atoms with Crippen molar-refractivity contribution in [3.05, 3.63) is 82.2 Å². The fourth-order valence-corrected chi connectivity index (χ4v) is 5.93. The molecule has 1 aromatic heterocycles. The minimum atomic E-state index is -0.450. The lowest BCUT2D eigenvalue weighted by atomic mass is 9.99. The van der Waals surface area contributed by atoms with Crippen molar-refractivity contribution in [3.8, 4) is 0 Å². The highest BCUT2D eigenvalue weighted by Crippen LogP contribution is 2.30. The third-order valence-corrected chi connectivity index (χ3v) is 8.04. The molecule has 206 valence electrons. The molecule has 2 amide bonds. The molecule has 2 aliphatic heterocycles. The van der Waals surface area contributed by atoms with Crippen LogP contribution >= 0.6 is 23.2 Å². The Morgan fingerprint density at radius 3 is 2.33 bits per heavy atom. The lowest BCUT2D eigenvalue weighted by molar-refractivity contribution is 0.0690. The molecule has 2 fully saturated rings. The van der Waals surface area contributed by atoms with Gasteiger partial charge in [0.1, 0.15) is 11.6 Å². The Morgan fingerprint density at radius 2 is 1.67 bits per heavy atom. The second-order valence-corrected chi connectivity index (χ2v) is 11.1. The van der Waals surface area contributed by atoms with Crippen LogP contribution in [-0.4, -0.2) is 65.6 Å². The number of hydrogen-bond donors (Lipinski definition) is 2. The topological polar surface area (TPSA) is 63.7 Å². The van der Waals surface area contributed by atoms with Crippen LogP contribution in [-0.2, 0) is 6.54 Å². The highest BCUT2D eigenvalue weighted by atomic mass is 35.5. The number of urea groups is 1. The molecule has 3 aromatic rings. The number of nitrogens with one attached hydrogen (secondary N) is 2. The van der Waals surface area contributed by atoms with Crippen LogP contribution in [0.3, 0.4) is 0 Å². The maximum atomic E-state index is 13.1. The van der Waals surface area contributed by atoms with Gasteiger partial charge in [-0.3, -0.25) is 9.80 Å². The Kier molecular flexibility index (Phi) is 8.87. The molecule has 2 N–H and O–H groups in total. The fourth-order valence-electron chi connectivity index (χ4n) is 5.52. The smallest absolute Gasteiger partial charge is 0.323 e. The molecule has 0 saturated carbocycles. The van der Waals surface area contributed by atoms with Crippen molar-refractivity contribution in [1.29, 1.82) is 0 Å². The minimum absolute atomic E-state index is 0.363. The summed E-state index contributed by atoms with van der Waals surface area (Å²) in [4.78, 5) is 24.3. The van der Waals surface area contributed by atoms with E-state index in [9.17, 15) is 9.18 Å². The van der Waals surface area contributed by atoms with Crippen molar-refractivity contribution in [2.24, 2.45) is 0 Å².